The SMILES string of the molecule is C[C@@H](C(=O)N(CC(=O)N(C)C)c1cc(Cl)cc(Cl)c1)[C@H]1CC(F)(F)CN1[C@@]1(CC(=O)O)C(=O)Nc2c(Cl)cc(Cl)cc21. The number of carboxylic acids is 1. The van der Waals surface area contributed by atoms with Gasteiger partial charge in [0.05, 0.1) is 29.6 Å². The van der Waals surface area contributed by atoms with E-state index in [-0.39, 0.29) is 37.0 Å². The molecule has 0 bridgehead atoms. The van der Waals surface area contributed by atoms with Crippen molar-refractivity contribution in [2.45, 2.75) is 37.3 Å². The van der Waals surface area contributed by atoms with Gasteiger partial charge in [0.1, 0.15) is 12.1 Å². The Balaban J connectivity index is 1.84. The molecule has 2 heterocycles. The Bertz CT molecular complexity index is 1460. The Morgan fingerprint density at radius 1 is 1.07 bits per heavy atom. The van der Waals surface area contributed by atoms with Crippen molar-refractivity contribution in [1.29, 1.82) is 0 Å². The van der Waals surface area contributed by atoms with E-state index in [1.165, 1.54) is 56.3 Å². The molecule has 42 heavy (non-hydrogen) atoms. The summed E-state index contributed by atoms with van der Waals surface area (Å²) in [6, 6.07) is 5.51. The lowest BCUT2D eigenvalue weighted by Gasteiger charge is -2.42. The van der Waals surface area contributed by atoms with E-state index in [9.17, 15) is 24.3 Å². The molecule has 3 amide bonds. The number of hydrogen-bond acceptors (Lipinski definition) is 5. The molecule has 2 aromatic rings. The first-order valence-electron chi connectivity index (χ1n) is 12.6. The predicted molar refractivity (Wildman–Crippen MR) is 156 cm³/mol. The molecule has 0 aliphatic carbocycles. The minimum atomic E-state index is -3.40. The minimum Gasteiger partial charge on any atom is -0.481 e. The van der Waals surface area contributed by atoms with Crippen LogP contribution in [0.25, 0.3) is 0 Å². The lowest BCUT2D eigenvalue weighted by molar-refractivity contribution is -0.147. The molecular formula is C27H26Cl4F2N4O5. The fourth-order valence-corrected chi connectivity index (χ4v) is 6.59. The summed E-state index contributed by atoms with van der Waals surface area (Å²) >= 11 is 24.8. The summed E-state index contributed by atoms with van der Waals surface area (Å²) in [6.45, 7) is -0.113. The van der Waals surface area contributed by atoms with Crippen molar-refractivity contribution in [3.8, 4) is 0 Å². The molecule has 2 N–H and O–H groups in total. The van der Waals surface area contributed by atoms with E-state index in [2.05, 4.69) is 5.32 Å². The molecule has 0 radical (unpaired) electrons. The van der Waals surface area contributed by atoms with Crippen LogP contribution in [-0.4, -0.2) is 77.7 Å². The van der Waals surface area contributed by atoms with Crippen molar-refractivity contribution >= 4 is 81.5 Å². The first-order valence-corrected chi connectivity index (χ1v) is 14.1. The summed E-state index contributed by atoms with van der Waals surface area (Å²) in [4.78, 5) is 56.0. The summed E-state index contributed by atoms with van der Waals surface area (Å²) in [5.74, 6) is -8.25. The maximum Gasteiger partial charge on any atom is 0.306 e. The summed E-state index contributed by atoms with van der Waals surface area (Å²) in [5.41, 5.74) is -1.96. The molecule has 0 spiro atoms. The fraction of sp³-hybridized carbons (Fsp3) is 0.407. The van der Waals surface area contributed by atoms with E-state index in [1.54, 1.807) is 0 Å². The van der Waals surface area contributed by atoms with E-state index in [4.69, 9.17) is 46.4 Å². The van der Waals surface area contributed by atoms with Crippen LogP contribution in [0.5, 0.6) is 0 Å². The van der Waals surface area contributed by atoms with Crippen LogP contribution in [0.3, 0.4) is 0 Å². The Morgan fingerprint density at radius 3 is 2.24 bits per heavy atom. The average molecular weight is 666 g/mol. The van der Waals surface area contributed by atoms with Crippen molar-refractivity contribution in [1.82, 2.24) is 9.80 Å². The van der Waals surface area contributed by atoms with Crippen LogP contribution in [0.4, 0.5) is 20.2 Å². The van der Waals surface area contributed by atoms with Crippen LogP contribution in [0, 0.1) is 5.92 Å². The van der Waals surface area contributed by atoms with E-state index in [0.29, 0.717) is 0 Å². The topological polar surface area (TPSA) is 110 Å². The number of amides is 3. The minimum absolute atomic E-state index is 0.00375. The lowest BCUT2D eigenvalue weighted by atomic mass is 9.83. The van der Waals surface area contributed by atoms with Crippen LogP contribution >= 0.6 is 46.4 Å². The number of rotatable bonds is 8. The largest absolute Gasteiger partial charge is 0.481 e. The number of halogens is 6. The number of carboxylic acid groups (broad SMARTS) is 1. The van der Waals surface area contributed by atoms with Gasteiger partial charge >= 0.3 is 5.97 Å². The number of aliphatic carboxylic acids is 1. The first-order chi connectivity index (χ1) is 19.5. The fourth-order valence-electron chi connectivity index (χ4n) is 5.54. The highest BCUT2D eigenvalue weighted by atomic mass is 35.5. The zero-order chi connectivity index (χ0) is 31.3. The number of alkyl halides is 2. The second kappa shape index (κ2) is 11.8. The molecule has 226 valence electrons. The molecule has 3 atom stereocenters. The number of fused-ring (bicyclic) bond motifs is 1. The van der Waals surface area contributed by atoms with E-state index in [0.717, 1.165) is 9.80 Å². The third-order valence-electron chi connectivity index (χ3n) is 7.51. The van der Waals surface area contributed by atoms with Crippen molar-refractivity contribution in [2.24, 2.45) is 5.92 Å². The average Bonchev–Trinajstić information content (AvgIpc) is 3.34. The number of likely N-dealkylation sites (tertiary alicyclic amines) is 1. The molecule has 2 aliphatic heterocycles. The van der Waals surface area contributed by atoms with Gasteiger partial charge in [-0.05, 0) is 30.3 Å². The number of carbonyl (C=O) groups excluding carboxylic acids is 3. The maximum atomic E-state index is 15.2. The quantitative estimate of drug-likeness (QED) is 0.391. The molecular weight excluding hydrogens is 640 g/mol. The van der Waals surface area contributed by atoms with E-state index in [1.807, 2.05) is 0 Å². The Kier molecular flexibility index (Phi) is 9.02. The summed E-state index contributed by atoms with van der Waals surface area (Å²) in [5, 5.41) is 12.8. The van der Waals surface area contributed by atoms with E-state index < -0.39 is 73.0 Å². The van der Waals surface area contributed by atoms with Gasteiger partial charge in [0.15, 0.2) is 0 Å². The smallest absolute Gasteiger partial charge is 0.306 e. The van der Waals surface area contributed by atoms with Crippen LogP contribution in [0.1, 0.15) is 25.3 Å². The molecule has 2 aromatic carbocycles. The van der Waals surface area contributed by atoms with Gasteiger partial charge in [0.25, 0.3) is 5.92 Å². The lowest BCUT2D eigenvalue weighted by Crippen LogP contribution is -2.57. The van der Waals surface area contributed by atoms with Gasteiger partial charge in [0.2, 0.25) is 17.7 Å². The maximum absolute atomic E-state index is 15.2. The summed E-state index contributed by atoms with van der Waals surface area (Å²) in [7, 11) is 2.97. The van der Waals surface area contributed by atoms with Gasteiger partial charge in [-0.2, -0.15) is 0 Å². The van der Waals surface area contributed by atoms with Gasteiger partial charge in [0, 0.05) is 52.9 Å². The molecule has 4 rings (SSSR count). The monoisotopic (exact) mass is 664 g/mol. The first kappa shape index (κ1) is 32.2. The Labute approximate surface area is 260 Å². The molecule has 15 heteroatoms. The number of benzene rings is 2. The van der Waals surface area contributed by atoms with Gasteiger partial charge in [-0.25, -0.2) is 8.78 Å². The highest BCUT2D eigenvalue weighted by molar-refractivity contribution is 6.38. The molecule has 0 aromatic heterocycles. The second-order valence-electron chi connectivity index (χ2n) is 10.6. The van der Waals surface area contributed by atoms with Crippen molar-refractivity contribution in [3.63, 3.8) is 0 Å². The van der Waals surface area contributed by atoms with Gasteiger partial charge in [-0.1, -0.05) is 53.3 Å². The van der Waals surface area contributed by atoms with Crippen LogP contribution < -0.4 is 10.2 Å². The Hall–Kier alpha value is -2.70. The number of hydrogen-bond donors (Lipinski definition) is 2. The molecule has 0 saturated carbocycles. The zero-order valence-electron chi connectivity index (χ0n) is 22.6. The van der Waals surface area contributed by atoms with Crippen LogP contribution in [0.2, 0.25) is 20.1 Å². The standard InChI is InChI=1S/C27H26Cl4F2N4O5/c1-13(24(41)36(11-21(38)35(2)3)17-5-14(28)4-15(29)6-17)20-9-26(32,33)12-37(20)27(10-22(39)40)18-7-16(30)8-19(31)23(18)34-25(27)42/h4-8,13,20H,9-12H2,1-3H3,(H,34,42)(H,39,40)/t13-,20-,27-/m1/s1. The van der Waals surface area contributed by atoms with Crippen molar-refractivity contribution < 1.29 is 33.1 Å². The summed E-state index contributed by atoms with van der Waals surface area (Å²) < 4.78 is 30.5. The molecule has 1 fully saturated rings. The van der Waals surface area contributed by atoms with Gasteiger partial charge in [-0.3, -0.25) is 24.1 Å². The van der Waals surface area contributed by atoms with Gasteiger partial charge < -0.3 is 20.2 Å². The zero-order valence-corrected chi connectivity index (χ0v) is 25.6. The Morgan fingerprint density at radius 2 is 1.67 bits per heavy atom. The van der Waals surface area contributed by atoms with Crippen molar-refractivity contribution in [3.05, 3.63) is 56.0 Å². The summed E-state index contributed by atoms with van der Waals surface area (Å²) in [6.07, 6.45) is -1.79. The van der Waals surface area contributed by atoms with Crippen molar-refractivity contribution in [2.75, 3.05) is 37.4 Å². The van der Waals surface area contributed by atoms with Crippen LogP contribution in [-0.2, 0) is 24.7 Å². The predicted octanol–water partition coefficient (Wildman–Crippen LogP) is 5.39. The third-order valence-corrected chi connectivity index (χ3v) is 8.46. The van der Waals surface area contributed by atoms with Gasteiger partial charge in [-0.15, -0.1) is 0 Å². The number of nitrogens with one attached hydrogen (secondary N) is 1. The highest BCUT2D eigenvalue weighted by Crippen LogP contribution is 2.52. The molecule has 0 unspecified atom stereocenters. The highest BCUT2D eigenvalue weighted by Gasteiger charge is 2.62. The van der Waals surface area contributed by atoms with Crippen LogP contribution in [0.15, 0.2) is 30.3 Å². The molecule has 9 nitrogen and oxygen atoms in total. The number of likely N-dealkylation sites (N-methyl/N-ethyl adjacent to an activating group) is 1. The second-order valence-corrected chi connectivity index (χ2v) is 12.3. The third kappa shape index (κ3) is 6.03. The molecule has 1 saturated heterocycles. The number of nitrogens with zero attached hydrogens (tertiary/aromatic N) is 3. The number of carbonyl (C=O) groups is 4. The van der Waals surface area contributed by atoms with E-state index >= 15 is 8.78 Å². The number of anilines is 2. The normalized spacial score (nSPS) is 21.9. The molecule has 2 aliphatic rings.